The lowest BCUT2D eigenvalue weighted by Crippen LogP contribution is -2.42. The minimum Gasteiger partial charge on any atom is -0.480 e. The van der Waals surface area contributed by atoms with Gasteiger partial charge in [0.15, 0.2) is 0 Å². The second-order valence-corrected chi connectivity index (χ2v) is 7.66. The molecule has 0 aliphatic heterocycles. The highest BCUT2D eigenvalue weighted by Gasteiger charge is 2.40. The van der Waals surface area contributed by atoms with Crippen molar-refractivity contribution in [2.24, 2.45) is 5.73 Å². The molecule has 2 aromatic rings. The fourth-order valence-electron chi connectivity index (χ4n) is 2.97. The van der Waals surface area contributed by atoms with E-state index in [2.05, 4.69) is 15.2 Å². The van der Waals surface area contributed by atoms with Crippen LogP contribution in [0.25, 0.3) is 11.3 Å². The monoisotopic (exact) mass is 361 g/mol. The van der Waals surface area contributed by atoms with Gasteiger partial charge in [0, 0.05) is 18.0 Å². The van der Waals surface area contributed by atoms with E-state index < -0.39 is 12.0 Å². The predicted octanol–water partition coefficient (Wildman–Crippen LogP) is 2.14. The number of aliphatic carboxylic acids is 1. The largest absolute Gasteiger partial charge is 0.480 e. The summed E-state index contributed by atoms with van der Waals surface area (Å²) >= 11 is 1.75. The number of carboxylic acid groups (broad SMARTS) is 1. The van der Waals surface area contributed by atoms with Gasteiger partial charge in [-0.1, -0.05) is 0 Å². The first kappa shape index (κ1) is 17.9. The van der Waals surface area contributed by atoms with E-state index in [1.165, 1.54) is 6.42 Å². The summed E-state index contributed by atoms with van der Waals surface area (Å²) in [5, 5.41) is 18.0. The van der Waals surface area contributed by atoms with Gasteiger partial charge in [0.2, 0.25) is 0 Å². The van der Waals surface area contributed by atoms with Crippen molar-refractivity contribution in [3.8, 4) is 11.3 Å². The molecule has 0 amide bonds. The number of hydrogen-bond acceptors (Lipinski definition) is 6. The molecule has 0 spiro atoms. The molecule has 1 unspecified atom stereocenters. The van der Waals surface area contributed by atoms with Crippen LogP contribution in [-0.2, 0) is 10.3 Å². The van der Waals surface area contributed by atoms with Crippen molar-refractivity contribution in [3.05, 3.63) is 30.7 Å². The fourth-order valence-corrected chi connectivity index (χ4v) is 4.12. The Hall–Kier alpha value is -1.93. The van der Waals surface area contributed by atoms with Crippen molar-refractivity contribution in [1.29, 1.82) is 0 Å². The highest BCUT2D eigenvalue weighted by atomic mass is 32.2. The van der Waals surface area contributed by atoms with E-state index in [1.54, 1.807) is 30.4 Å². The Kier molecular flexibility index (Phi) is 5.70. The summed E-state index contributed by atoms with van der Waals surface area (Å²) in [6.45, 7) is 0. The molecule has 0 bridgehead atoms. The van der Waals surface area contributed by atoms with Gasteiger partial charge in [-0.2, -0.15) is 26.8 Å². The molecule has 2 aromatic heterocycles. The number of rotatable bonds is 9. The van der Waals surface area contributed by atoms with Crippen LogP contribution in [0.2, 0.25) is 0 Å². The standard InChI is InChI=1S/C17H23N5O2S/c18-14(16(23)24)4-9-25-10-7-17(5-2-6-17)22-20-12-15(21-22)13-3-1-8-19-11-13/h1,3,8,11-12,14H,2,4-7,9-10,18H2,(H,23,24). The molecule has 0 radical (unpaired) electrons. The molecule has 3 rings (SSSR count). The summed E-state index contributed by atoms with van der Waals surface area (Å²) in [4.78, 5) is 16.7. The Morgan fingerprint density at radius 1 is 1.40 bits per heavy atom. The first-order valence-electron chi connectivity index (χ1n) is 8.50. The number of nitrogens with zero attached hydrogens (tertiary/aromatic N) is 4. The molecule has 1 fully saturated rings. The quantitative estimate of drug-likeness (QED) is 0.659. The molecular formula is C17H23N5O2S. The Morgan fingerprint density at radius 2 is 2.24 bits per heavy atom. The lowest BCUT2D eigenvalue weighted by molar-refractivity contribution is -0.138. The van der Waals surface area contributed by atoms with E-state index in [4.69, 9.17) is 10.8 Å². The molecule has 7 nitrogen and oxygen atoms in total. The molecule has 1 aliphatic carbocycles. The number of pyridine rings is 1. The number of carboxylic acids is 1. The third kappa shape index (κ3) is 4.19. The van der Waals surface area contributed by atoms with Crippen molar-refractivity contribution >= 4 is 17.7 Å². The van der Waals surface area contributed by atoms with Crippen LogP contribution < -0.4 is 5.73 Å². The van der Waals surface area contributed by atoms with Gasteiger partial charge in [-0.25, -0.2) is 0 Å². The van der Waals surface area contributed by atoms with Gasteiger partial charge in [-0.15, -0.1) is 0 Å². The molecule has 134 valence electrons. The van der Waals surface area contributed by atoms with E-state index in [-0.39, 0.29) is 5.54 Å². The fraction of sp³-hybridized carbons (Fsp3) is 0.529. The zero-order chi connectivity index (χ0) is 17.7. The van der Waals surface area contributed by atoms with Gasteiger partial charge in [0.25, 0.3) is 0 Å². The van der Waals surface area contributed by atoms with Crippen LogP contribution in [-0.4, -0.2) is 48.6 Å². The topological polar surface area (TPSA) is 107 Å². The third-order valence-electron chi connectivity index (χ3n) is 4.76. The van der Waals surface area contributed by atoms with E-state index in [0.29, 0.717) is 6.42 Å². The minimum absolute atomic E-state index is 0.00235. The second-order valence-electron chi connectivity index (χ2n) is 6.43. The van der Waals surface area contributed by atoms with Gasteiger partial charge >= 0.3 is 5.97 Å². The van der Waals surface area contributed by atoms with E-state index >= 15 is 0 Å². The summed E-state index contributed by atoms with van der Waals surface area (Å²) in [5.74, 6) is 0.785. The zero-order valence-electron chi connectivity index (χ0n) is 14.0. The van der Waals surface area contributed by atoms with Gasteiger partial charge < -0.3 is 10.8 Å². The number of hydrogen-bond donors (Lipinski definition) is 2. The maximum atomic E-state index is 10.7. The summed E-state index contributed by atoms with van der Waals surface area (Å²) in [6.07, 6.45) is 10.2. The predicted molar refractivity (Wildman–Crippen MR) is 97.2 cm³/mol. The van der Waals surface area contributed by atoms with Crippen LogP contribution >= 0.6 is 11.8 Å². The molecule has 1 aliphatic rings. The molecule has 1 saturated carbocycles. The first-order valence-corrected chi connectivity index (χ1v) is 9.66. The molecule has 0 aromatic carbocycles. The minimum atomic E-state index is -0.931. The first-order chi connectivity index (χ1) is 12.1. The number of carbonyl (C=O) groups is 1. The molecule has 8 heteroatoms. The van der Waals surface area contributed by atoms with E-state index in [1.807, 2.05) is 16.9 Å². The van der Waals surface area contributed by atoms with E-state index in [0.717, 1.165) is 42.0 Å². The van der Waals surface area contributed by atoms with Crippen LogP contribution in [0.1, 0.15) is 32.1 Å². The SMILES string of the molecule is NC(CCSCCC1(n2ncc(-c3cccnc3)n2)CCC1)C(=O)O. The van der Waals surface area contributed by atoms with Crippen molar-refractivity contribution in [3.63, 3.8) is 0 Å². The number of thioether (sulfide) groups is 1. The third-order valence-corrected chi connectivity index (χ3v) is 5.78. The molecule has 3 N–H and O–H groups in total. The average molecular weight is 361 g/mol. The average Bonchev–Trinajstić information content (AvgIpc) is 3.07. The van der Waals surface area contributed by atoms with Gasteiger partial charge in [0.1, 0.15) is 11.7 Å². The molecule has 1 atom stereocenters. The van der Waals surface area contributed by atoms with Crippen LogP contribution in [0.5, 0.6) is 0 Å². The second kappa shape index (κ2) is 7.97. The lowest BCUT2D eigenvalue weighted by Gasteiger charge is -2.40. The van der Waals surface area contributed by atoms with Crippen molar-refractivity contribution in [1.82, 2.24) is 20.0 Å². The summed E-state index contributed by atoms with van der Waals surface area (Å²) in [6, 6.07) is 3.11. The summed E-state index contributed by atoms with van der Waals surface area (Å²) < 4.78 is 0. The van der Waals surface area contributed by atoms with Crippen molar-refractivity contribution in [2.75, 3.05) is 11.5 Å². The molecule has 0 saturated heterocycles. The maximum absolute atomic E-state index is 10.7. The van der Waals surface area contributed by atoms with Crippen molar-refractivity contribution in [2.45, 2.75) is 43.7 Å². The maximum Gasteiger partial charge on any atom is 0.320 e. The van der Waals surface area contributed by atoms with Gasteiger partial charge in [-0.3, -0.25) is 9.78 Å². The lowest BCUT2D eigenvalue weighted by atomic mass is 9.75. The molecular weight excluding hydrogens is 338 g/mol. The van der Waals surface area contributed by atoms with E-state index in [9.17, 15) is 4.79 Å². The highest BCUT2D eigenvalue weighted by Crippen LogP contribution is 2.42. The Labute approximate surface area is 151 Å². The number of aromatic nitrogens is 4. The van der Waals surface area contributed by atoms with Gasteiger partial charge in [-0.05, 0) is 55.7 Å². The Balaban J connectivity index is 1.55. The zero-order valence-corrected chi connectivity index (χ0v) is 14.9. The van der Waals surface area contributed by atoms with Gasteiger partial charge in [0.05, 0.1) is 11.7 Å². The Morgan fingerprint density at radius 3 is 2.88 bits per heavy atom. The van der Waals surface area contributed by atoms with Crippen LogP contribution in [0.15, 0.2) is 30.7 Å². The Bertz CT molecular complexity index is 702. The van der Waals surface area contributed by atoms with Crippen LogP contribution in [0, 0.1) is 0 Å². The molecule has 2 heterocycles. The van der Waals surface area contributed by atoms with Crippen LogP contribution in [0.3, 0.4) is 0 Å². The van der Waals surface area contributed by atoms with Crippen LogP contribution in [0.4, 0.5) is 0 Å². The summed E-state index contributed by atoms with van der Waals surface area (Å²) in [7, 11) is 0. The number of nitrogens with two attached hydrogens (primary N) is 1. The smallest absolute Gasteiger partial charge is 0.320 e. The normalized spacial score (nSPS) is 17.0. The van der Waals surface area contributed by atoms with Crippen molar-refractivity contribution < 1.29 is 9.90 Å². The summed E-state index contributed by atoms with van der Waals surface area (Å²) in [5.41, 5.74) is 7.35. The highest BCUT2D eigenvalue weighted by molar-refractivity contribution is 7.99. The molecule has 25 heavy (non-hydrogen) atoms.